The predicted molar refractivity (Wildman–Crippen MR) is 215 cm³/mol. The van der Waals surface area contributed by atoms with Crippen LogP contribution in [-0.4, -0.2) is 0 Å². The van der Waals surface area contributed by atoms with Crippen LogP contribution in [0.3, 0.4) is 0 Å². The second-order valence-corrected chi connectivity index (χ2v) is 18.1. The average Bonchev–Trinajstić information content (AvgIpc) is 3.26. The zero-order chi connectivity index (χ0) is 36.1. The lowest BCUT2D eigenvalue weighted by molar-refractivity contribution is 0.125. The molecular formula is C48H56N2. The Bertz CT molecular complexity index is 1890. The Morgan fingerprint density at radius 2 is 0.540 bits per heavy atom. The van der Waals surface area contributed by atoms with Gasteiger partial charge in [0.05, 0.1) is 0 Å². The summed E-state index contributed by atoms with van der Waals surface area (Å²) >= 11 is 0. The molecule has 0 amide bonds. The second-order valence-electron chi connectivity index (χ2n) is 18.1. The number of anilines is 6. The summed E-state index contributed by atoms with van der Waals surface area (Å²) in [7, 11) is 0. The minimum absolute atomic E-state index is 0.0269. The lowest BCUT2D eigenvalue weighted by atomic mass is 9.59. The third-order valence-electron chi connectivity index (χ3n) is 14.9. The lowest BCUT2D eigenvalue weighted by Crippen LogP contribution is -2.42. The van der Waals surface area contributed by atoms with Crippen molar-refractivity contribution in [2.45, 2.75) is 105 Å². The molecule has 258 valence electrons. The molecule has 5 aromatic carbocycles. The highest BCUT2D eigenvalue weighted by molar-refractivity contribution is 5.82. The monoisotopic (exact) mass is 660 g/mol. The summed E-state index contributed by atoms with van der Waals surface area (Å²) in [6, 6.07) is 45.1. The summed E-state index contributed by atoms with van der Waals surface area (Å²) in [5.74, 6) is 0. The van der Waals surface area contributed by atoms with Gasteiger partial charge in [-0.15, -0.1) is 0 Å². The fraction of sp³-hybridized carbons (Fsp3) is 0.375. The number of rotatable bonds is 6. The Hall–Kier alpha value is -4.30. The first-order valence-electron chi connectivity index (χ1n) is 18.5. The van der Waals surface area contributed by atoms with E-state index < -0.39 is 0 Å². The molecule has 0 bridgehead atoms. The summed E-state index contributed by atoms with van der Waals surface area (Å²) < 4.78 is 0. The van der Waals surface area contributed by atoms with E-state index in [9.17, 15) is 0 Å². The molecule has 0 radical (unpaired) electrons. The van der Waals surface area contributed by atoms with Gasteiger partial charge in [-0.3, -0.25) is 0 Å². The number of hydrogen-bond acceptors (Lipinski definition) is 2. The molecule has 5 aromatic rings. The molecular weight excluding hydrogens is 605 g/mol. The smallest absolute Gasteiger partial charge is 0.0464 e. The van der Waals surface area contributed by atoms with Crippen molar-refractivity contribution in [3.63, 3.8) is 0 Å². The topological polar surface area (TPSA) is 6.48 Å². The Labute approximate surface area is 302 Å². The normalized spacial score (nSPS) is 19.8. The Kier molecular flexibility index (Phi) is 7.58. The molecule has 0 atom stereocenters. The number of nitrogens with zero attached hydrogens (tertiary/aromatic N) is 2. The first kappa shape index (κ1) is 34.2. The SMILES string of the molecule is CC1(C)c2ccc(N(c3ccccc3)c3ccc(N(c4ccccc4)c4ccc5c(c4)C(C)(C)C(C)(C)C5(C)C)cc3)cc2C(C)(C)C1(C)C. The van der Waals surface area contributed by atoms with E-state index in [2.05, 4.69) is 214 Å². The van der Waals surface area contributed by atoms with Crippen LogP contribution in [0.5, 0.6) is 0 Å². The molecule has 0 heterocycles. The van der Waals surface area contributed by atoms with Crippen LogP contribution < -0.4 is 9.80 Å². The van der Waals surface area contributed by atoms with Gasteiger partial charge in [-0.05, 0) is 128 Å². The molecule has 2 heteroatoms. The molecule has 0 saturated heterocycles. The van der Waals surface area contributed by atoms with Crippen molar-refractivity contribution in [2.75, 3.05) is 9.80 Å². The van der Waals surface area contributed by atoms with E-state index in [1.807, 2.05) is 0 Å². The Balaban J connectivity index is 1.34. The number of benzene rings is 5. The Morgan fingerprint density at radius 1 is 0.280 bits per heavy atom. The average molecular weight is 661 g/mol. The fourth-order valence-electron chi connectivity index (χ4n) is 9.18. The first-order chi connectivity index (χ1) is 23.4. The minimum Gasteiger partial charge on any atom is -0.310 e. The molecule has 0 aromatic heterocycles. The summed E-state index contributed by atoms with van der Waals surface area (Å²) in [6.45, 7) is 29.1. The van der Waals surface area contributed by atoms with Crippen LogP contribution in [0, 0.1) is 10.8 Å². The molecule has 0 aliphatic heterocycles. The van der Waals surface area contributed by atoms with E-state index in [-0.39, 0.29) is 32.5 Å². The molecule has 50 heavy (non-hydrogen) atoms. The van der Waals surface area contributed by atoms with Crippen molar-refractivity contribution in [1.82, 2.24) is 0 Å². The van der Waals surface area contributed by atoms with Gasteiger partial charge < -0.3 is 9.80 Å². The van der Waals surface area contributed by atoms with Crippen molar-refractivity contribution in [3.05, 3.63) is 144 Å². The molecule has 0 spiro atoms. The molecule has 2 aliphatic carbocycles. The van der Waals surface area contributed by atoms with Crippen molar-refractivity contribution in [1.29, 1.82) is 0 Å². The van der Waals surface area contributed by atoms with Gasteiger partial charge in [0.15, 0.2) is 0 Å². The summed E-state index contributed by atoms with van der Waals surface area (Å²) in [5.41, 5.74) is 13.2. The van der Waals surface area contributed by atoms with Gasteiger partial charge in [0, 0.05) is 34.1 Å². The van der Waals surface area contributed by atoms with Crippen LogP contribution in [0.4, 0.5) is 34.1 Å². The molecule has 2 nitrogen and oxygen atoms in total. The van der Waals surface area contributed by atoms with Crippen LogP contribution in [0.15, 0.2) is 121 Å². The quantitative estimate of drug-likeness (QED) is 0.179. The van der Waals surface area contributed by atoms with Gasteiger partial charge in [-0.1, -0.05) is 132 Å². The van der Waals surface area contributed by atoms with Crippen molar-refractivity contribution in [3.8, 4) is 0 Å². The fourth-order valence-corrected chi connectivity index (χ4v) is 9.18. The predicted octanol–water partition coefficient (Wildman–Crippen LogP) is 13.8. The molecule has 2 aliphatic rings. The van der Waals surface area contributed by atoms with Crippen LogP contribution in [0.1, 0.15) is 105 Å². The van der Waals surface area contributed by atoms with Crippen molar-refractivity contribution in [2.24, 2.45) is 10.8 Å². The van der Waals surface area contributed by atoms with E-state index in [4.69, 9.17) is 0 Å². The zero-order valence-corrected chi connectivity index (χ0v) is 32.4. The van der Waals surface area contributed by atoms with Gasteiger partial charge >= 0.3 is 0 Å². The van der Waals surface area contributed by atoms with Gasteiger partial charge in [0.2, 0.25) is 0 Å². The zero-order valence-electron chi connectivity index (χ0n) is 32.4. The van der Waals surface area contributed by atoms with E-state index in [0.717, 1.165) is 22.7 Å². The van der Waals surface area contributed by atoms with Gasteiger partial charge in [0.1, 0.15) is 0 Å². The van der Waals surface area contributed by atoms with Crippen LogP contribution in [0.2, 0.25) is 0 Å². The maximum absolute atomic E-state index is 2.46. The molecule has 0 unspecified atom stereocenters. The van der Waals surface area contributed by atoms with Crippen LogP contribution in [-0.2, 0) is 21.7 Å². The highest BCUT2D eigenvalue weighted by atomic mass is 15.2. The lowest BCUT2D eigenvalue weighted by Gasteiger charge is -2.44. The molecule has 0 saturated carbocycles. The van der Waals surface area contributed by atoms with E-state index >= 15 is 0 Å². The minimum atomic E-state index is 0.0269. The largest absolute Gasteiger partial charge is 0.310 e. The van der Waals surface area contributed by atoms with Gasteiger partial charge in [0.25, 0.3) is 0 Å². The highest BCUT2D eigenvalue weighted by Gasteiger charge is 2.58. The molecule has 7 rings (SSSR count). The van der Waals surface area contributed by atoms with Crippen LogP contribution in [0.25, 0.3) is 0 Å². The molecule has 0 N–H and O–H groups in total. The number of para-hydroxylation sites is 2. The Morgan fingerprint density at radius 3 is 0.860 bits per heavy atom. The summed E-state index contributed by atoms with van der Waals surface area (Å²) in [6.07, 6.45) is 0. The second kappa shape index (κ2) is 11.1. The van der Waals surface area contributed by atoms with E-state index in [1.54, 1.807) is 0 Å². The van der Waals surface area contributed by atoms with Crippen LogP contribution >= 0.6 is 0 Å². The molecule has 0 fully saturated rings. The number of hydrogen-bond donors (Lipinski definition) is 0. The highest BCUT2D eigenvalue weighted by Crippen LogP contribution is 2.63. The van der Waals surface area contributed by atoms with Crippen molar-refractivity contribution >= 4 is 34.1 Å². The third-order valence-corrected chi connectivity index (χ3v) is 14.9. The summed E-state index contributed by atoms with van der Waals surface area (Å²) in [4.78, 5) is 4.82. The van der Waals surface area contributed by atoms with Gasteiger partial charge in [-0.25, -0.2) is 0 Å². The first-order valence-corrected chi connectivity index (χ1v) is 18.5. The van der Waals surface area contributed by atoms with Crippen molar-refractivity contribution < 1.29 is 0 Å². The summed E-state index contributed by atoms with van der Waals surface area (Å²) in [5, 5.41) is 0. The third kappa shape index (κ3) is 4.59. The van der Waals surface area contributed by atoms with Gasteiger partial charge in [-0.2, -0.15) is 0 Å². The maximum Gasteiger partial charge on any atom is 0.0464 e. The number of fused-ring (bicyclic) bond motifs is 2. The van der Waals surface area contributed by atoms with E-state index in [1.165, 1.54) is 33.6 Å². The van der Waals surface area contributed by atoms with E-state index in [0.29, 0.717) is 0 Å². The maximum atomic E-state index is 2.46. The standard InChI is InChI=1S/C48H56N2/c1-43(2)39-29-27-37(31-41(39)45(5,6)47(43,9)10)49(33-19-15-13-16-20-33)35-23-25-36(26-24-35)50(34-21-17-14-18-22-34)38-28-30-40-42(32-38)46(7,8)48(11,12)44(40,3)4/h13-32H,1-12H3.